The molecule has 4 rings (SSSR count). The van der Waals surface area contributed by atoms with Crippen LogP contribution >= 0.6 is 11.8 Å². The molecular weight excluding hydrogens is 490 g/mol. The number of benzene rings is 1. The molecule has 3 fully saturated rings. The minimum Gasteiger partial charge on any atom is -0.494 e. The van der Waals surface area contributed by atoms with Gasteiger partial charge in [-0.15, -0.1) is 11.8 Å². The molecule has 3 amide bonds. The van der Waals surface area contributed by atoms with E-state index < -0.39 is 22.6 Å². The van der Waals surface area contributed by atoms with Crippen molar-refractivity contribution < 1.29 is 24.2 Å². The van der Waals surface area contributed by atoms with Crippen molar-refractivity contribution >= 4 is 35.2 Å². The molecule has 3 heterocycles. The maximum Gasteiger partial charge on any atom is 0.244 e. The number of hydrogen-bond donors (Lipinski definition) is 3. The maximum atomic E-state index is 13.9. The topological polar surface area (TPSA) is 108 Å². The Morgan fingerprint density at radius 3 is 2.62 bits per heavy atom. The molecule has 37 heavy (non-hydrogen) atoms. The van der Waals surface area contributed by atoms with Gasteiger partial charge in [0, 0.05) is 30.1 Å². The number of anilines is 1. The van der Waals surface area contributed by atoms with Crippen molar-refractivity contribution in [3.8, 4) is 5.75 Å². The number of thioether (sulfide) groups is 1. The van der Waals surface area contributed by atoms with E-state index in [1.807, 2.05) is 38.1 Å². The lowest BCUT2D eigenvalue weighted by atomic mass is 9.70. The molecule has 3 aliphatic heterocycles. The molecule has 3 N–H and O–H groups in total. The van der Waals surface area contributed by atoms with Crippen molar-refractivity contribution in [1.82, 2.24) is 10.2 Å². The van der Waals surface area contributed by atoms with Crippen LogP contribution in [-0.2, 0) is 14.4 Å². The Morgan fingerprint density at radius 1 is 1.19 bits per heavy atom. The first-order chi connectivity index (χ1) is 17.9. The Hall–Kier alpha value is -2.26. The molecular formula is C28H41N3O5S. The smallest absolute Gasteiger partial charge is 0.244 e. The highest BCUT2D eigenvalue weighted by Crippen LogP contribution is 2.66. The van der Waals surface area contributed by atoms with Gasteiger partial charge in [0.1, 0.15) is 11.8 Å². The molecule has 3 unspecified atom stereocenters. The molecule has 1 spiro atoms. The molecule has 3 aliphatic rings. The van der Waals surface area contributed by atoms with E-state index in [0.29, 0.717) is 25.3 Å². The molecule has 3 saturated heterocycles. The Bertz CT molecular complexity index is 973. The fourth-order valence-electron chi connectivity index (χ4n) is 6.42. The lowest BCUT2D eigenvalue weighted by Gasteiger charge is -2.35. The summed E-state index contributed by atoms with van der Waals surface area (Å²) in [5.41, 5.74) is 0.671. The second-order valence-corrected chi connectivity index (χ2v) is 12.1. The lowest BCUT2D eigenvalue weighted by Crippen LogP contribution is -2.55. The van der Waals surface area contributed by atoms with Gasteiger partial charge < -0.3 is 25.4 Å². The first kappa shape index (κ1) is 27.8. The minimum absolute atomic E-state index is 0.0246. The third-order valence-corrected chi connectivity index (χ3v) is 9.90. The van der Waals surface area contributed by atoms with Gasteiger partial charge >= 0.3 is 0 Å². The summed E-state index contributed by atoms with van der Waals surface area (Å²) in [4.78, 5) is 43.0. The molecule has 0 radical (unpaired) electrons. The number of likely N-dealkylation sites (tertiary alicyclic amines) is 1. The van der Waals surface area contributed by atoms with Crippen molar-refractivity contribution in [1.29, 1.82) is 0 Å². The highest BCUT2D eigenvalue weighted by atomic mass is 32.2. The lowest BCUT2D eigenvalue weighted by molar-refractivity contribution is -0.139. The molecule has 0 saturated carbocycles. The normalized spacial score (nSPS) is 28.8. The summed E-state index contributed by atoms with van der Waals surface area (Å²) >= 11 is 1.69. The van der Waals surface area contributed by atoms with Crippen LogP contribution in [0.15, 0.2) is 24.3 Å². The first-order valence-electron chi connectivity index (χ1n) is 13.8. The SMILES string of the molecule is CCCC(C)NC(=O)C1N(CCCCCO)C(=O)[C@@H]2[C@@H](C(=O)Nc3ccc(OCC)cc3)[C@H]3CCC12S3. The van der Waals surface area contributed by atoms with Gasteiger partial charge in [-0.3, -0.25) is 14.4 Å². The van der Waals surface area contributed by atoms with Gasteiger partial charge in [0.25, 0.3) is 0 Å². The number of rotatable bonds is 13. The second kappa shape index (κ2) is 12.1. The zero-order valence-corrected chi connectivity index (χ0v) is 23.0. The molecule has 2 bridgehead atoms. The number of hydrogen-bond acceptors (Lipinski definition) is 6. The number of carbonyl (C=O) groups is 3. The number of ether oxygens (including phenoxy) is 1. The van der Waals surface area contributed by atoms with Crippen LogP contribution < -0.4 is 15.4 Å². The number of aliphatic hydroxyl groups is 1. The Morgan fingerprint density at radius 2 is 1.95 bits per heavy atom. The van der Waals surface area contributed by atoms with E-state index in [1.165, 1.54) is 0 Å². The Kier molecular flexibility index (Phi) is 9.06. The van der Waals surface area contributed by atoms with Crippen LogP contribution in [0.5, 0.6) is 5.75 Å². The van der Waals surface area contributed by atoms with Crippen molar-refractivity contribution in [3.05, 3.63) is 24.3 Å². The third kappa shape index (κ3) is 5.48. The Balaban J connectivity index is 1.56. The molecule has 1 aromatic rings. The average Bonchev–Trinajstić information content (AvgIpc) is 3.51. The van der Waals surface area contributed by atoms with E-state index in [0.717, 1.165) is 44.3 Å². The van der Waals surface area contributed by atoms with E-state index in [-0.39, 0.29) is 35.6 Å². The van der Waals surface area contributed by atoms with Gasteiger partial charge in [-0.25, -0.2) is 0 Å². The van der Waals surface area contributed by atoms with Crippen LogP contribution in [0.25, 0.3) is 0 Å². The van der Waals surface area contributed by atoms with E-state index in [4.69, 9.17) is 4.74 Å². The number of nitrogens with one attached hydrogen (secondary N) is 2. The van der Waals surface area contributed by atoms with Crippen molar-refractivity contribution in [2.45, 2.75) is 87.8 Å². The van der Waals surface area contributed by atoms with Crippen LogP contribution in [-0.4, -0.2) is 69.6 Å². The predicted molar refractivity (Wildman–Crippen MR) is 146 cm³/mol. The summed E-state index contributed by atoms with van der Waals surface area (Å²) in [6.45, 7) is 7.17. The van der Waals surface area contributed by atoms with Gasteiger partial charge in [-0.2, -0.15) is 0 Å². The predicted octanol–water partition coefficient (Wildman–Crippen LogP) is 3.58. The van der Waals surface area contributed by atoms with Crippen molar-refractivity contribution in [3.63, 3.8) is 0 Å². The van der Waals surface area contributed by atoms with Crippen molar-refractivity contribution in [2.24, 2.45) is 11.8 Å². The summed E-state index contributed by atoms with van der Waals surface area (Å²) < 4.78 is 4.92. The van der Waals surface area contributed by atoms with E-state index in [9.17, 15) is 19.5 Å². The van der Waals surface area contributed by atoms with Crippen LogP contribution in [0, 0.1) is 11.8 Å². The van der Waals surface area contributed by atoms with Gasteiger partial charge in [-0.1, -0.05) is 13.3 Å². The summed E-state index contributed by atoms with van der Waals surface area (Å²) in [6, 6.07) is 6.73. The average molecular weight is 532 g/mol. The zero-order chi connectivity index (χ0) is 26.6. The van der Waals surface area contributed by atoms with Crippen LogP contribution in [0.1, 0.15) is 65.7 Å². The molecule has 8 nitrogen and oxygen atoms in total. The summed E-state index contributed by atoms with van der Waals surface area (Å²) in [5, 5.41) is 15.4. The van der Waals surface area contributed by atoms with Crippen LogP contribution in [0.2, 0.25) is 0 Å². The van der Waals surface area contributed by atoms with E-state index in [2.05, 4.69) is 17.6 Å². The summed E-state index contributed by atoms with van der Waals surface area (Å²) in [6.07, 6.45) is 5.61. The van der Waals surface area contributed by atoms with Crippen LogP contribution in [0.3, 0.4) is 0 Å². The number of fused-ring (bicyclic) bond motifs is 1. The number of carbonyl (C=O) groups excluding carboxylic acids is 3. The molecule has 6 atom stereocenters. The largest absolute Gasteiger partial charge is 0.494 e. The molecule has 0 aliphatic carbocycles. The fourth-order valence-corrected chi connectivity index (χ4v) is 8.64. The third-order valence-electron chi connectivity index (χ3n) is 7.95. The van der Waals surface area contributed by atoms with Gasteiger partial charge in [0.2, 0.25) is 17.7 Å². The number of aliphatic hydroxyl groups excluding tert-OH is 1. The molecule has 204 valence electrons. The van der Waals surface area contributed by atoms with Gasteiger partial charge in [0.15, 0.2) is 0 Å². The second-order valence-electron chi connectivity index (χ2n) is 10.5. The molecule has 9 heteroatoms. The van der Waals surface area contributed by atoms with Crippen LogP contribution in [0.4, 0.5) is 5.69 Å². The summed E-state index contributed by atoms with van der Waals surface area (Å²) in [7, 11) is 0. The van der Waals surface area contributed by atoms with Gasteiger partial charge in [0.05, 0.1) is 23.2 Å². The number of unbranched alkanes of at least 4 members (excludes halogenated alkanes) is 2. The Labute approximate surface area is 224 Å². The van der Waals surface area contributed by atoms with E-state index >= 15 is 0 Å². The van der Waals surface area contributed by atoms with E-state index in [1.54, 1.807) is 16.7 Å². The quantitative estimate of drug-likeness (QED) is 0.336. The standard InChI is InChI=1S/C28H41N3O5S/c1-4-9-18(3)29-26(34)24-28-15-14-21(37-28)22(23(28)27(35)31(24)16-7-6-8-17-32)25(33)30-19-10-12-20(13-11-19)36-5-2/h10-13,18,21-24,32H,4-9,14-17H2,1-3H3,(H,29,34)(H,30,33)/t18?,21-,22+,23+,24?,28?/m1/s1. The fraction of sp³-hybridized carbons (Fsp3) is 0.679. The van der Waals surface area contributed by atoms with Crippen molar-refractivity contribution in [2.75, 3.05) is 25.1 Å². The number of nitrogens with zero attached hydrogens (tertiary/aromatic N) is 1. The molecule has 0 aromatic heterocycles. The number of amides is 3. The zero-order valence-electron chi connectivity index (χ0n) is 22.2. The van der Waals surface area contributed by atoms with Gasteiger partial charge in [-0.05, 0) is 76.6 Å². The molecule has 1 aromatic carbocycles. The minimum atomic E-state index is -0.574. The summed E-state index contributed by atoms with van der Waals surface area (Å²) in [5.74, 6) is -0.558. The highest BCUT2D eigenvalue weighted by Gasteiger charge is 2.73. The highest BCUT2D eigenvalue weighted by molar-refractivity contribution is 8.02. The first-order valence-corrected chi connectivity index (χ1v) is 14.7. The monoisotopic (exact) mass is 531 g/mol. The maximum absolute atomic E-state index is 13.9.